The molecule has 2 amide bonds. The maximum absolute atomic E-state index is 12.5. The zero-order valence-corrected chi connectivity index (χ0v) is 20.3. The fourth-order valence-electron chi connectivity index (χ4n) is 3.68. The number of piperazine rings is 1. The Hall–Kier alpha value is -3.13. The van der Waals surface area contributed by atoms with E-state index in [9.17, 15) is 9.59 Å². The van der Waals surface area contributed by atoms with Gasteiger partial charge in [0.05, 0.1) is 6.61 Å². The average Bonchev–Trinajstić information content (AvgIpc) is 2.79. The van der Waals surface area contributed by atoms with Gasteiger partial charge in [0.2, 0.25) is 5.91 Å². The zero-order chi connectivity index (χ0) is 23.8. The van der Waals surface area contributed by atoms with Gasteiger partial charge in [0.15, 0.2) is 5.11 Å². The molecule has 7 nitrogen and oxygen atoms in total. The Morgan fingerprint density at radius 1 is 1.06 bits per heavy atom. The Morgan fingerprint density at radius 2 is 1.76 bits per heavy atom. The number of carbonyl (C=O) groups is 2. The van der Waals surface area contributed by atoms with Crippen molar-refractivity contribution >= 4 is 40.5 Å². The lowest BCUT2D eigenvalue weighted by Gasteiger charge is -2.36. The molecule has 0 bridgehead atoms. The van der Waals surface area contributed by atoms with Crippen molar-refractivity contribution < 1.29 is 14.3 Å². The van der Waals surface area contributed by atoms with E-state index in [0.29, 0.717) is 30.3 Å². The SMILES string of the molecule is CCOc1cccc(C(=O)NC(=S)Nc2ccc(N3CCN(C(=O)CC(C)C)CC3)cc2)c1. The predicted molar refractivity (Wildman–Crippen MR) is 136 cm³/mol. The maximum atomic E-state index is 12.5. The van der Waals surface area contributed by atoms with Crippen molar-refractivity contribution in [2.24, 2.45) is 5.92 Å². The van der Waals surface area contributed by atoms with Crippen LogP contribution in [0.5, 0.6) is 5.75 Å². The molecule has 2 aromatic carbocycles. The molecule has 0 saturated carbocycles. The molecule has 0 spiro atoms. The van der Waals surface area contributed by atoms with Crippen LogP contribution in [0.4, 0.5) is 11.4 Å². The number of thiocarbonyl (C=S) groups is 1. The highest BCUT2D eigenvalue weighted by Crippen LogP contribution is 2.20. The van der Waals surface area contributed by atoms with E-state index < -0.39 is 0 Å². The summed E-state index contributed by atoms with van der Waals surface area (Å²) < 4.78 is 5.44. The summed E-state index contributed by atoms with van der Waals surface area (Å²) in [5, 5.41) is 5.98. The van der Waals surface area contributed by atoms with Gasteiger partial charge >= 0.3 is 0 Å². The second-order valence-corrected chi connectivity index (χ2v) is 8.79. The largest absolute Gasteiger partial charge is 0.494 e. The first-order chi connectivity index (χ1) is 15.9. The smallest absolute Gasteiger partial charge is 0.257 e. The number of carbonyl (C=O) groups excluding carboxylic acids is 2. The van der Waals surface area contributed by atoms with Gasteiger partial charge in [0, 0.05) is 49.5 Å². The van der Waals surface area contributed by atoms with E-state index in [4.69, 9.17) is 17.0 Å². The molecular formula is C25H32N4O3S. The Kier molecular flexibility index (Phi) is 8.65. The minimum Gasteiger partial charge on any atom is -0.494 e. The number of amides is 2. The highest BCUT2D eigenvalue weighted by atomic mass is 32.1. The van der Waals surface area contributed by atoms with Crippen LogP contribution in [0, 0.1) is 5.92 Å². The van der Waals surface area contributed by atoms with Crippen LogP contribution in [-0.2, 0) is 4.79 Å². The zero-order valence-electron chi connectivity index (χ0n) is 19.5. The van der Waals surface area contributed by atoms with Crippen LogP contribution in [0.15, 0.2) is 48.5 Å². The van der Waals surface area contributed by atoms with E-state index >= 15 is 0 Å². The number of ether oxygens (including phenoxy) is 1. The van der Waals surface area contributed by atoms with Crippen LogP contribution in [0.3, 0.4) is 0 Å². The topological polar surface area (TPSA) is 73.9 Å². The van der Waals surface area contributed by atoms with E-state index in [-0.39, 0.29) is 16.9 Å². The highest BCUT2D eigenvalue weighted by molar-refractivity contribution is 7.80. The maximum Gasteiger partial charge on any atom is 0.257 e. The minimum atomic E-state index is -0.296. The van der Waals surface area contributed by atoms with Gasteiger partial charge in [0.1, 0.15) is 5.75 Å². The normalized spacial score (nSPS) is 13.6. The molecule has 8 heteroatoms. The third-order valence-electron chi connectivity index (χ3n) is 5.34. The molecule has 0 unspecified atom stereocenters. The van der Waals surface area contributed by atoms with Crippen LogP contribution in [-0.4, -0.2) is 54.6 Å². The number of benzene rings is 2. The van der Waals surface area contributed by atoms with Crippen LogP contribution in [0.1, 0.15) is 37.6 Å². The molecule has 3 rings (SSSR count). The van der Waals surface area contributed by atoms with E-state index in [0.717, 1.165) is 37.6 Å². The first-order valence-corrected chi connectivity index (χ1v) is 11.7. The van der Waals surface area contributed by atoms with Crippen LogP contribution < -0.4 is 20.3 Å². The number of hydrogen-bond acceptors (Lipinski definition) is 5. The fourth-order valence-corrected chi connectivity index (χ4v) is 3.89. The molecule has 1 aliphatic rings. The molecule has 0 radical (unpaired) electrons. The van der Waals surface area contributed by atoms with Gasteiger partial charge in [-0.3, -0.25) is 14.9 Å². The third kappa shape index (κ3) is 7.18. The van der Waals surface area contributed by atoms with Crippen molar-refractivity contribution in [3.05, 3.63) is 54.1 Å². The van der Waals surface area contributed by atoms with Crippen molar-refractivity contribution in [2.75, 3.05) is 43.0 Å². The molecule has 2 N–H and O–H groups in total. The molecule has 1 fully saturated rings. The van der Waals surface area contributed by atoms with Crippen molar-refractivity contribution in [2.45, 2.75) is 27.2 Å². The molecule has 176 valence electrons. The van der Waals surface area contributed by atoms with Gasteiger partial charge in [-0.15, -0.1) is 0 Å². The van der Waals surface area contributed by atoms with Crippen molar-refractivity contribution in [1.29, 1.82) is 0 Å². The summed E-state index contributed by atoms with van der Waals surface area (Å²) in [4.78, 5) is 29.0. The lowest BCUT2D eigenvalue weighted by Crippen LogP contribution is -2.49. The van der Waals surface area contributed by atoms with Gasteiger partial charge in [-0.1, -0.05) is 19.9 Å². The van der Waals surface area contributed by atoms with E-state index in [1.165, 1.54) is 0 Å². The van der Waals surface area contributed by atoms with E-state index in [2.05, 4.69) is 29.4 Å². The van der Waals surface area contributed by atoms with Crippen molar-refractivity contribution in [1.82, 2.24) is 10.2 Å². The van der Waals surface area contributed by atoms with Crippen LogP contribution in [0.25, 0.3) is 0 Å². The molecular weight excluding hydrogens is 436 g/mol. The Balaban J connectivity index is 1.49. The Morgan fingerprint density at radius 3 is 2.39 bits per heavy atom. The summed E-state index contributed by atoms with van der Waals surface area (Å²) in [6.07, 6.45) is 0.606. The number of hydrogen-bond donors (Lipinski definition) is 2. The molecule has 1 aliphatic heterocycles. The Labute approximate surface area is 201 Å². The Bertz CT molecular complexity index is 970. The predicted octanol–water partition coefficient (Wildman–Crippen LogP) is 3.91. The standard InChI is InChI=1S/C25H32N4O3S/c1-4-32-22-7-5-6-19(17-22)24(31)27-25(33)26-20-8-10-21(11-9-20)28-12-14-29(15-13-28)23(30)16-18(2)3/h5-11,17-18H,4,12-16H2,1-3H3,(H2,26,27,31,33). The molecule has 0 aromatic heterocycles. The van der Waals surface area contributed by atoms with Gasteiger partial charge in [-0.2, -0.15) is 0 Å². The average molecular weight is 469 g/mol. The first kappa shape index (κ1) is 24.5. The van der Waals surface area contributed by atoms with E-state index in [1.54, 1.807) is 18.2 Å². The van der Waals surface area contributed by atoms with Crippen LogP contribution >= 0.6 is 12.2 Å². The van der Waals surface area contributed by atoms with Crippen molar-refractivity contribution in [3.63, 3.8) is 0 Å². The monoisotopic (exact) mass is 468 g/mol. The summed E-state index contributed by atoms with van der Waals surface area (Å²) in [5.74, 6) is 0.969. The summed E-state index contributed by atoms with van der Waals surface area (Å²) in [6.45, 7) is 9.68. The second kappa shape index (κ2) is 11.7. The lowest BCUT2D eigenvalue weighted by atomic mass is 10.1. The number of nitrogens with one attached hydrogen (secondary N) is 2. The summed E-state index contributed by atoms with van der Waals surface area (Å²) in [6, 6.07) is 14.9. The number of rotatable bonds is 7. The summed E-state index contributed by atoms with van der Waals surface area (Å²) in [7, 11) is 0. The molecule has 2 aromatic rings. The molecule has 33 heavy (non-hydrogen) atoms. The second-order valence-electron chi connectivity index (χ2n) is 8.38. The van der Waals surface area contributed by atoms with Crippen molar-refractivity contribution in [3.8, 4) is 5.75 Å². The molecule has 1 saturated heterocycles. The van der Waals surface area contributed by atoms with Gasteiger partial charge < -0.3 is 19.9 Å². The first-order valence-electron chi connectivity index (χ1n) is 11.3. The number of anilines is 2. The summed E-state index contributed by atoms with van der Waals surface area (Å²) >= 11 is 5.30. The quantitative estimate of drug-likeness (QED) is 0.601. The van der Waals surface area contributed by atoms with Gasteiger partial charge in [-0.05, 0) is 67.5 Å². The third-order valence-corrected chi connectivity index (χ3v) is 5.54. The van der Waals surface area contributed by atoms with Crippen LogP contribution in [0.2, 0.25) is 0 Å². The molecule has 0 aliphatic carbocycles. The van der Waals surface area contributed by atoms with E-state index in [1.807, 2.05) is 42.2 Å². The number of nitrogens with zero attached hydrogens (tertiary/aromatic N) is 2. The highest BCUT2D eigenvalue weighted by Gasteiger charge is 2.21. The molecule has 0 atom stereocenters. The minimum absolute atomic E-state index is 0.229. The van der Waals surface area contributed by atoms with Gasteiger partial charge in [0.25, 0.3) is 5.91 Å². The lowest BCUT2D eigenvalue weighted by molar-refractivity contribution is -0.132. The molecule has 1 heterocycles. The fraction of sp³-hybridized carbons (Fsp3) is 0.400. The van der Waals surface area contributed by atoms with Gasteiger partial charge in [-0.25, -0.2) is 0 Å². The summed E-state index contributed by atoms with van der Waals surface area (Å²) in [5.41, 5.74) is 2.36.